The fourth-order valence-corrected chi connectivity index (χ4v) is 15.1. The summed E-state index contributed by atoms with van der Waals surface area (Å²) in [6.07, 6.45) is 11.2. The molecule has 1 aliphatic carbocycles. The molecule has 0 radical (unpaired) electrons. The Kier molecular flexibility index (Phi) is 6.80. The summed E-state index contributed by atoms with van der Waals surface area (Å²) in [7, 11) is 0. The maximum atomic E-state index is 2.95. The Bertz CT molecular complexity index is 858. The Labute approximate surface area is 195 Å². The van der Waals surface area contributed by atoms with Gasteiger partial charge < -0.3 is 0 Å². The third kappa shape index (κ3) is 4.04. The topological polar surface area (TPSA) is 0 Å². The third-order valence-electron chi connectivity index (χ3n) is 6.84. The molecule has 2 heteroatoms. The van der Waals surface area contributed by atoms with E-state index in [1.54, 1.807) is 0 Å². The van der Waals surface area contributed by atoms with Gasteiger partial charge in [-0.3, -0.25) is 0 Å². The molecular formula is C28H32IP. The van der Waals surface area contributed by atoms with Crippen molar-refractivity contribution in [1.82, 2.24) is 0 Å². The van der Waals surface area contributed by atoms with Crippen molar-refractivity contribution in [3.05, 3.63) is 103 Å². The van der Waals surface area contributed by atoms with Crippen LogP contribution in [-0.2, 0) is 0 Å². The van der Waals surface area contributed by atoms with Gasteiger partial charge in [-0.05, 0) is 0 Å². The Balaban J connectivity index is 1.86. The van der Waals surface area contributed by atoms with E-state index in [0.717, 1.165) is 11.8 Å². The zero-order valence-electron chi connectivity index (χ0n) is 17.8. The minimum absolute atomic E-state index is 0.765. The van der Waals surface area contributed by atoms with Crippen LogP contribution in [0.5, 0.6) is 0 Å². The monoisotopic (exact) mass is 526 g/mol. The van der Waals surface area contributed by atoms with Crippen LogP contribution in [0.25, 0.3) is 0 Å². The first-order valence-corrected chi connectivity index (χ1v) is 16.4. The number of rotatable bonds is 6. The SMILES string of the molecule is CC=CC1CCC(CP(I)(c2ccccc2)(c2ccccc2)c2ccccc2)CC1. The Hall–Kier alpha value is -1.44. The fourth-order valence-electron chi connectivity index (χ4n) is 5.30. The van der Waals surface area contributed by atoms with Gasteiger partial charge in [0.15, 0.2) is 0 Å². The van der Waals surface area contributed by atoms with Crippen LogP contribution >= 0.6 is 26.3 Å². The fraction of sp³-hybridized carbons (Fsp3) is 0.286. The van der Waals surface area contributed by atoms with E-state index in [1.807, 2.05) is 0 Å². The van der Waals surface area contributed by atoms with Crippen molar-refractivity contribution >= 4 is 42.2 Å². The van der Waals surface area contributed by atoms with Gasteiger partial charge in [0.2, 0.25) is 0 Å². The summed E-state index contributed by atoms with van der Waals surface area (Å²) >= 11 is 2.95. The van der Waals surface area contributed by atoms with E-state index in [1.165, 1.54) is 47.8 Å². The van der Waals surface area contributed by atoms with Gasteiger partial charge in [0.1, 0.15) is 0 Å². The van der Waals surface area contributed by atoms with E-state index in [9.17, 15) is 0 Å². The molecule has 0 aliphatic heterocycles. The molecular weight excluding hydrogens is 494 g/mol. The van der Waals surface area contributed by atoms with Crippen LogP contribution in [0.2, 0.25) is 0 Å². The van der Waals surface area contributed by atoms with E-state index < -0.39 is 4.25 Å². The van der Waals surface area contributed by atoms with Crippen molar-refractivity contribution in [2.45, 2.75) is 32.6 Å². The first-order valence-electron chi connectivity index (χ1n) is 11.2. The van der Waals surface area contributed by atoms with Gasteiger partial charge in [-0.2, -0.15) is 0 Å². The van der Waals surface area contributed by atoms with Crippen LogP contribution in [0.1, 0.15) is 32.6 Å². The predicted octanol–water partition coefficient (Wildman–Crippen LogP) is 7.25. The van der Waals surface area contributed by atoms with E-state index in [4.69, 9.17) is 0 Å². The Morgan fingerprint density at radius 3 is 1.47 bits per heavy atom. The average molecular weight is 526 g/mol. The molecule has 0 nitrogen and oxygen atoms in total. The average Bonchev–Trinajstić information content (AvgIpc) is 2.82. The van der Waals surface area contributed by atoms with Crippen molar-refractivity contribution in [3.8, 4) is 0 Å². The molecule has 1 aliphatic rings. The Morgan fingerprint density at radius 1 is 0.700 bits per heavy atom. The zero-order chi connectivity index (χ0) is 20.9. The molecule has 1 saturated carbocycles. The molecule has 0 spiro atoms. The molecule has 1 fully saturated rings. The summed E-state index contributed by atoms with van der Waals surface area (Å²) in [5.41, 5.74) is 0. The van der Waals surface area contributed by atoms with E-state index in [-0.39, 0.29) is 0 Å². The molecule has 0 N–H and O–H groups in total. The molecule has 0 atom stereocenters. The second kappa shape index (κ2) is 9.37. The zero-order valence-corrected chi connectivity index (χ0v) is 20.9. The van der Waals surface area contributed by atoms with Crippen LogP contribution < -0.4 is 15.9 Å². The van der Waals surface area contributed by atoms with Crippen molar-refractivity contribution in [1.29, 1.82) is 0 Å². The van der Waals surface area contributed by atoms with Gasteiger partial charge in [0, 0.05) is 0 Å². The van der Waals surface area contributed by atoms with Crippen LogP contribution in [0.15, 0.2) is 103 Å². The summed E-state index contributed by atoms with van der Waals surface area (Å²) in [5, 5.41) is 4.53. The van der Waals surface area contributed by atoms with Crippen LogP contribution in [0.4, 0.5) is 0 Å². The summed E-state index contributed by atoms with van der Waals surface area (Å²) in [5.74, 6) is 1.54. The van der Waals surface area contributed by atoms with Gasteiger partial charge in [-0.15, -0.1) is 0 Å². The molecule has 0 aromatic heterocycles. The first-order chi connectivity index (χ1) is 14.6. The molecule has 3 aromatic carbocycles. The van der Waals surface area contributed by atoms with Crippen molar-refractivity contribution in [2.75, 3.05) is 6.16 Å². The third-order valence-corrected chi connectivity index (χ3v) is 18.4. The van der Waals surface area contributed by atoms with Gasteiger partial charge in [-0.1, -0.05) is 0 Å². The van der Waals surface area contributed by atoms with E-state index >= 15 is 0 Å². The normalized spacial score (nSPS) is 21.2. The van der Waals surface area contributed by atoms with Gasteiger partial charge in [0.05, 0.1) is 0 Å². The summed E-state index contributed by atoms with van der Waals surface area (Å²) in [6, 6.07) is 34.1. The van der Waals surface area contributed by atoms with Gasteiger partial charge >= 0.3 is 196 Å². The molecule has 156 valence electrons. The molecule has 0 bridgehead atoms. The standard InChI is InChI=1S/C28H32IP/c1-2-12-24-19-21-25(22-20-24)23-30(29,26-13-6-3-7-14-26,27-15-8-4-9-16-27)28-17-10-5-11-18-28/h2-18,24-25H,19-23H2,1H3. The summed E-state index contributed by atoms with van der Waals surface area (Å²) in [4.78, 5) is 0. The van der Waals surface area contributed by atoms with E-state index in [2.05, 4.69) is 132 Å². The van der Waals surface area contributed by atoms with Crippen LogP contribution in [0.3, 0.4) is 0 Å². The number of hydrogen-bond donors (Lipinski definition) is 0. The van der Waals surface area contributed by atoms with Crippen LogP contribution in [-0.4, -0.2) is 6.16 Å². The first kappa shape index (κ1) is 21.8. The maximum absolute atomic E-state index is 2.95. The van der Waals surface area contributed by atoms with Crippen molar-refractivity contribution in [3.63, 3.8) is 0 Å². The number of halogens is 1. The molecule has 0 unspecified atom stereocenters. The predicted molar refractivity (Wildman–Crippen MR) is 144 cm³/mol. The molecule has 4 rings (SSSR count). The van der Waals surface area contributed by atoms with Gasteiger partial charge in [0.25, 0.3) is 0 Å². The molecule has 0 saturated heterocycles. The van der Waals surface area contributed by atoms with Crippen molar-refractivity contribution < 1.29 is 0 Å². The summed E-state index contributed by atoms with van der Waals surface area (Å²) in [6.45, 7) is 2.16. The Morgan fingerprint density at radius 2 is 1.10 bits per heavy atom. The minimum atomic E-state index is -2.62. The molecule has 3 aromatic rings. The van der Waals surface area contributed by atoms with E-state index in [0.29, 0.717) is 0 Å². The molecule has 30 heavy (non-hydrogen) atoms. The van der Waals surface area contributed by atoms with Crippen LogP contribution in [0, 0.1) is 11.8 Å². The molecule has 0 amide bonds. The quantitative estimate of drug-likeness (QED) is 0.180. The number of hydrogen-bond acceptors (Lipinski definition) is 0. The second-order valence-electron chi connectivity index (χ2n) is 8.68. The number of allylic oxidation sites excluding steroid dienone is 2. The van der Waals surface area contributed by atoms with Gasteiger partial charge in [-0.25, -0.2) is 0 Å². The molecule has 0 heterocycles. The second-order valence-corrected chi connectivity index (χ2v) is 19.3. The number of benzene rings is 3. The summed E-state index contributed by atoms with van der Waals surface area (Å²) < 4.78 is -2.62. The van der Waals surface area contributed by atoms with Crippen molar-refractivity contribution in [2.24, 2.45) is 11.8 Å².